The lowest BCUT2D eigenvalue weighted by Gasteiger charge is -2.21. The van der Waals surface area contributed by atoms with Crippen molar-refractivity contribution in [3.05, 3.63) is 72.3 Å². The minimum absolute atomic E-state index is 0.197. The fourth-order valence-electron chi connectivity index (χ4n) is 2.17. The van der Waals surface area contributed by atoms with Crippen LogP contribution in [0.25, 0.3) is 5.57 Å². The molecule has 2 rings (SSSR count). The molecule has 118 valence electrons. The molecule has 0 aliphatic rings. The number of carbonyl (C=O) groups excluding carboxylic acids is 1. The summed E-state index contributed by atoms with van der Waals surface area (Å²) in [6.45, 7) is 5.59. The van der Waals surface area contributed by atoms with Gasteiger partial charge in [-0.2, -0.15) is 5.53 Å². The molecule has 0 radical (unpaired) electrons. The lowest BCUT2D eigenvalue weighted by Crippen LogP contribution is -2.19. The van der Waals surface area contributed by atoms with E-state index in [9.17, 15) is 4.79 Å². The second-order valence-electron chi connectivity index (χ2n) is 4.66. The second kappa shape index (κ2) is 7.22. The van der Waals surface area contributed by atoms with Crippen LogP contribution in [0.2, 0.25) is 0 Å². The molecule has 0 saturated carbocycles. The first-order valence-electron chi connectivity index (χ1n) is 6.85. The topological polar surface area (TPSA) is 78.9 Å². The van der Waals surface area contributed by atoms with E-state index in [0.717, 1.165) is 0 Å². The van der Waals surface area contributed by atoms with Gasteiger partial charge in [0, 0.05) is 5.57 Å². The third-order valence-corrected chi connectivity index (χ3v) is 3.29. The molecule has 6 heteroatoms. The fourth-order valence-corrected chi connectivity index (χ4v) is 2.17. The van der Waals surface area contributed by atoms with Crippen LogP contribution in [0.5, 0.6) is 0 Å². The highest BCUT2D eigenvalue weighted by molar-refractivity contribution is 6.06. The van der Waals surface area contributed by atoms with Gasteiger partial charge in [0.1, 0.15) is 5.76 Å². The Kier molecular flexibility index (Phi) is 5.09. The maximum atomic E-state index is 12.2. The van der Waals surface area contributed by atoms with Crippen molar-refractivity contribution in [2.24, 2.45) is 5.22 Å². The van der Waals surface area contributed by atoms with Gasteiger partial charge in [0.2, 0.25) is 0 Å². The second-order valence-corrected chi connectivity index (χ2v) is 4.66. The number of nitrogens with zero attached hydrogens (tertiary/aromatic N) is 2. The highest BCUT2D eigenvalue weighted by Gasteiger charge is 2.24. The molecule has 0 aliphatic heterocycles. The number of para-hydroxylation sites is 1. The standard InChI is InChI=1S/C17H17N3O3/c1-12(15-10-7-11-23-15)16(17(21)22-3)13(2)20(19-18)14-8-5-4-6-9-14/h4-11,18H,1H2,2-3H3/b16-13+,19-18?. The van der Waals surface area contributed by atoms with Crippen molar-refractivity contribution in [3.63, 3.8) is 0 Å². The van der Waals surface area contributed by atoms with Gasteiger partial charge in [0.25, 0.3) is 0 Å². The fraction of sp³-hybridized carbons (Fsp3) is 0.118. The van der Waals surface area contributed by atoms with E-state index in [1.165, 1.54) is 18.4 Å². The molecule has 0 bridgehead atoms. The molecule has 0 saturated heterocycles. The predicted octanol–water partition coefficient (Wildman–Crippen LogP) is 4.19. The average molecular weight is 311 g/mol. The van der Waals surface area contributed by atoms with Crippen molar-refractivity contribution in [3.8, 4) is 0 Å². The number of hydrogen-bond acceptors (Lipinski definition) is 5. The molecule has 0 unspecified atom stereocenters. The predicted molar refractivity (Wildman–Crippen MR) is 86.5 cm³/mol. The van der Waals surface area contributed by atoms with Gasteiger partial charge in [-0.25, -0.2) is 9.80 Å². The molecular weight excluding hydrogens is 294 g/mol. The number of hydrogen-bond donors (Lipinski definition) is 1. The zero-order valence-electron chi connectivity index (χ0n) is 12.9. The van der Waals surface area contributed by atoms with Crippen molar-refractivity contribution in [1.82, 2.24) is 0 Å². The summed E-state index contributed by atoms with van der Waals surface area (Å²) < 4.78 is 10.2. The number of methoxy groups -OCH3 is 1. The van der Waals surface area contributed by atoms with Gasteiger partial charge in [-0.05, 0) is 31.2 Å². The Labute approximate surface area is 134 Å². The Morgan fingerprint density at radius 2 is 1.96 bits per heavy atom. The number of esters is 1. The summed E-state index contributed by atoms with van der Waals surface area (Å²) >= 11 is 0. The smallest absolute Gasteiger partial charge is 0.340 e. The molecule has 0 aliphatic carbocycles. The zero-order chi connectivity index (χ0) is 16.8. The molecule has 1 aromatic carbocycles. The van der Waals surface area contributed by atoms with Crippen LogP contribution in [-0.2, 0) is 9.53 Å². The first-order chi connectivity index (χ1) is 11.1. The van der Waals surface area contributed by atoms with E-state index in [-0.39, 0.29) is 5.57 Å². The van der Waals surface area contributed by atoms with Crippen LogP contribution in [-0.4, -0.2) is 13.1 Å². The molecule has 23 heavy (non-hydrogen) atoms. The van der Waals surface area contributed by atoms with Crippen molar-refractivity contribution >= 4 is 17.2 Å². The summed E-state index contributed by atoms with van der Waals surface area (Å²) in [5.74, 6) is -0.128. The van der Waals surface area contributed by atoms with Gasteiger partial charge >= 0.3 is 5.97 Å². The Bertz CT molecular complexity index is 734. The van der Waals surface area contributed by atoms with Crippen molar-refractivity contribution in [2.75, 3.05) is 12.1 Å². The molecule has 0 fully saturated rings. The summed E-state index contributed by atoms with van der Waals surface area (Å²) in [5.41, 5.74) is 9.07. The third kappa shape index (κ3) is 3.37. The minimum Gasteiger partial charge on any atom is -0.465 e. The summed E-state index contributed by atoms with van der Waals surface area (Å²) in [4.78, 5) is 12.2. The first-order valence-corrected chi connectivity index (χ1v) is 6.85. The van der Waals surface area contributed by atoms with Crippen molar-refractivity contribution < 1.29 is 13.9 Å². The van der Waals surface area contributed by atoms with Crippen LogP contribution in [0.3, 0.4) is 0 Å². The lowest BCUT2D eigenvalue weighted by atomic mass is 10.0. The Balaban J connectivity index is 2.54. The number of nitrogens with one attached hydrogen (secondary N) is 1. The van der Waals surface area contributed by atoms with Gasteiger partial charge in [0.05, 0.1) is 30.3 Å². The monoisotopic (exact) mass is 311 g/mol. The van der Waals surface area contributed by atoms with E-state index in [1.54, 1.807) is 31.2 Å². The van der Waals surface area contributed by atoms with E-state index < -0.39 is 5.97 Å². The molecule has 2 aromatic rings. The number of rotatable bonds is 6. The zero-order valence-corrected chi connectivity index (χ0v) is 12.9. The van der Waals surface area contributed by atoms with Crippen LogP contribution >= 0.6 is 0 Å². The minimum atomic E-state index is -0.575. The number of ether oxygens (including phenoxy) is 1. The van der Waals surface area contributed by atoms with Crippen LogP contribution in [0.15, 0.2) is 76.2 Å². The molecule has 0 spiro atoms. The van der Waals surface area contributed by atoms with Crippen LogP contribution < -0.4 is 5.01 Å². The molecule has 0 atom stereocenters. The summed E-state index contributed by atoms with van der Waals surface area (Å²) in [5, 5.41) is 4.84. The normalized spacial score (nSPS) is 11.4. The average Bonchev–Trinajstić information content (AvgIpc) is 3.11. The molecule has 1 aromatic heterocycles. The van der Waals surface area contributed by atoms with Gasteiger partial charge in [0.15, 0.2) is 0 Å². The van der Waals surface area contributed by atoms with Crippen molar-refractivity contribution in [1.29, 1.82) is 5.53 Å². The first kappa shape index (κ1) is 16.2. The van der Waals surface area contributed by atoms with Crippen LogP contribution in [0.1, 0.15) is 12.7 Å². The van der Waals surface area contributed by atoms with Crippen molar-refractivity contribution in [2.45, 2.75) is 6.92 Å². The van der Waals surface area contributed by atoms with Crippen LogP contribution in [0, 0.1) is 5.53 Å². The number of anilines is 1. The highest BCUT2D eigenvalue weighted by atomic mass is 16.5. The molecule has 6 nitrogen and oxygen atoms in total. The number of benzene rings is 1. The number of carbonyl (C=O) groups is 1. The third-order valence-electron chi connectivity index (χ3n) is 3.29. The van der Waals surface area contributed by atoms with Crippen LogP contribution in [0.4, 0.5) is 5.69 Å². The Morgan fingerprint density at radius 1 is 1.26 bits per heavy atom. The van der Waals surface area contributed by atoms with E-state index >= 15 is 0 Å². The maximum absolute atomic E-state index is 12.2. The lowest BCUT2D eigenvalue weighted by molar-refractivity contribution is -0.135. The number of allylic oxidation sites excluding steroid dienone is 1. The Hall–Kier alpha value is -3.15. The largest absolute Gasteiger partial charge is 0.465 e. The highest BCUT2D eigenvalue weighted by Crippen LogP contribution is 2.29. The summed E-state index contributed by atoms with van der Waals surface area (Å²) in [6.07, 6.45) is 1.49. The molecular formula is C17H17N3O3. The van der Waals surface area contributed by atoms with E-state index in [1.807, 2.05) is 18.2 Å². The quantitative estimate of drug-likeness (QED) is 0.285. The van der Waals surface area contributed by atoms with Gasteiger partial charge in [-0.3, -0.25) is 0 Å². The molecule has 1 heterocycles. The van der Waals surface area contributed by atoms with E-state index in [2.05, 4.69) is 11.8 Å². The molecule has 1 N–H and O–H groups in total. The molecule has 0 amide bonds. The van der Waals surface area contributed by atoms with Gasteiger partial charge in [-0.15, -0.1) is 0 Å². The summed E-state index contributed by atoms with van der Waals surface area (Å²) in [7, 11) is 1.29. The van der Waals surface area contributed by atoms with Gasteiger partial charge in [-0.1, -0.05) is 30.0 Å². The summed E-state index contributed by atoms with van der Waals surface area (Å²) in [6, 6.07) is 12.5. The van der Waals surface area contributed by atoms with E-state index in [0.29, 0.717) is 22.7 Å². The maximum Gasteiger partial charge on any atom is 0.340 e. The number of furan rings is 1. The Morgan fingerprint density at radius 3 is 2.48 bits per heavy atom. The van der Waals surface area contributed by atoms with Gasteiger partial charge < -0.3 is 9.15 Å². The SMILES string of the molecule is C=C(/C(C(=O)OC)=C(/C)N(N=N)c1ccccc1)c1ccco1. The van der Waals surface area contributed by atoms with E-state index in [4.69, 9.17) is 14.7 Å².